The molecule has 1 unspecified atom stereocenters. The van der Waals surface area contributed by atoms with Gasteiger partial charge in [-0.2, -0.15) is 0 Å². The van der Waals surface area contributed by atoms with Crippen LogP contribution in [0, 0.1) is 23.7 Å². The van der Waals surface area contributed by atoms with Crippen molar-refractivity contribution < 1.29 is 38.3 Å². The third-order valence-electron chi connectivity index (χ3n) is 10.5. The molecule has 4 heterocycles. The second-order valence-electron chi connectivity index (χ2n) is 13.6. The van der Waals surface area contributed by atoms with E-state index in [1.54, 1.807) is 20.3 Å². The van der Waals surface area contributed by atoms with Crippen LogP contribution in [0.15, 0.2) is 59.3 Å². The molecular formula is C36H52O8. The fraction of sp³-hybridized carbons (Fsp3) is 0.694. The van der Waals surface area contributed by atoms with Crippen molar-refractivity contribution in [1.29, 1.82) is 0 Å². The van der Waals surface area contributed by atoms with Gasteiger partial charge in [0.05, 0.1) is 24.9 Å². The van der Waals surface area contributed by atoms with E-state index in [1.165, 1.54) is 0 Å². The van der Waals surface area contributed by atoms with Crippen LogP contribution in [0.25, 0.3) is 0 Å². The number of allylic oxidation sites excluding steroid dienone is 2. The normalized spacial score (nSPS) is 46.6. The highest BCUT2D eigenvalue weighted by molar-refractivity contribution is 5.78. The Balaban J connectivity index is 1.56. The van der Waals surface area contributed by atoms with Gasteiger partial charge in [-0.15, -0.1) is 0 Å². The summed E-state index contributed by atoms with van der Waals surface area (Å²) in [6, 6.07) is 0. The Hall–Kier alpha value is -2.07. The summed E-state index contributed by atoms with van der Waals surface area (Å²) < 4.78 is 37.7. The van der Waals surface area contributed by atoms with Gasteiger partial charge >= 0.3 is 5.97 Å². The summed E-state index contributed by atoms with van der Waals surface area (Å²) >= 11 is 0. The molecule has 5 rings (SSSR count). The molecule has 1 N–H and O–H groups in total. The number of ether oxygens (including phenoxy) is 6. The summed E-state index contributed by atoms with van der Waals surface area (Å²) in [6.45, 7) is 12.8. The molecule has 0 radical (unpaired) electrons. The first-order valence-corrected chi connectivity index (χ1v) is 16.3. The van der Waals surface area contributed by atoms with E-state index < -0.39 is 41.6 Å². The Morgan fingerprint density at radius 1 is 1.05 bits per heavy atom. The van der Waals surface area contributed by atoms with Crippen LogP contribution in [-0.2, 0) is 33.2 Å². The predicted octanol–water partition coefficient (Wildman–Crippen LogP) is 5.62. The van der Waals surface area contributed by atoms with Crippen molar-refractivity contribution in [2.45, 2.75) is 115 Å². The predicted molar refractivity (Wildman–Crippen MR) is 168 cm³/mol. The molecule has 0 aromatic heterocycles. The number of rotatable bonds is 4. The molecule has 2 bridgehead atoms. The van der Waals surface area contributed by atoms with Crippen LogP contribution in [-0.4, -0.2) is 79.9 Å². The number of hydrogen-bond donors (Lipinski definition) is 1. The second-order valence-corrected chi connectivity index (χ2v) is 13.6. The van der Waals surface area contributed by atoms with E-state index in [0.29, 0.717) is 30.8 Å². The van der Waals surface area contributed by atoms with Crippen LogP contribution in [0.4, 0.5) is 0 Å². The molecule has 0 saturated carbocycles. The molecule has 2 fully saturated rings. The van der Waals surface area contributed by atoms with Gasteiger partial charge in [0, 0.05) is 38.9 Å². The maximum Gasteiger partial charge on any atom is 0.316 e. The highest BCUT2D eigenvalue weighted by Gasteiger charge is 2.60. The standard InChI is InChI=1S/C36H52O8/c1-9-21(2)31-24(5)15-16-35(44-31)19-28-18-27(43-35)14-13-23(4)30(39-7)22(3)11-10-12-26-20-41-33-32(40-8)25(6)17-29(34(37)42-28)36(26,33)38/h10-13,15-17,21-22,24,27-33,38H,9,14,18-20H2,1-8H3/b11-10+,23-13+,26-12+/t21?,22-,24-,27+,28-,29-,30-,31+,32+,33+,35+,36+/m0/s1. The molecule has 0 aromatic carbocycles. The van der Waals surface area contributed by atoms with Crippen LogP contribution in [0.2, 0.25) is 0 Å². The molecule has 0 aromatic rings. The average molecular weight is 613 g/mol. The van der Waals surface area contributed by atoms with Crippen LogP contribution in [0.5, 0.6) is 0 Å². The maximum absolute atomic E-state index is 14.1. The van der Waals surface area contributed by atoms with Gasteiger partial charge in [0.15, 0.2) is 5.79 Å². The van der Waals surface area contributed by atoms with Gasteiger partial charge in [-0.3, -0.25) is 4.79 Å². The number of esters is 1. The third-order valence-corrected chi connectivity index (χ3v) is 10.5. The molecule has 8 nitrogen and oxygen atoms in total. The van der Waals surface area contributed by atoms with Crippen molar-refractivity contribution in [1.82, 2.24) is 0 Å². The van der Waals surface area contributed by atoms with Gasteiger partial charge in [0.2, 0.25) is 0 Å². The number of aliphatic hydroxyl groups is 1. The van der Waals surface area contributed by atoms with Gasteiger partial charge in [0.25, 0.3) is 0 Å². The Bertz CT molecular complexity index is 1220. The van der Waals surface area contributed by atoms with Gasteiger partial charge in [-0.1, -0.05) is 70.6 Å². The monoisotopic (exact) mass is 612 g/mol. The zero-order valence-electron chi connectivity index (χ0n) is 27.7. The first-order valence-electron chi connectivity index (χ1n) is 16.3. The molecule has 44 heavy (non-hydrogen) atoms. The lowest BCUT2D eigenvalue weighted by Crippen LogP contribution is -2.58. The number of hydrogen-bond acceptors (Lipinski definition) is 8. The van der Waals surface area contributed by atoms with E-state index >= 15 is 0 Å². The van der Waals surface area contributed by atoms with Gasteiger partial charge < -0.3 is 33.5 Å². The minimum atomic E-state index is -1.61. The van der Waals surface area contributed by atoms with Gasteiger partial charge in [-0.05, 0) is 49.0 Å². The summed E-state index contributed by atoms with van der Waals surface area (Å²) in [5, 5.41) is 12.4. The largest absolute Gasteiger partial charge is 0.462 e. The number of carbonyl (C=O) groups excluding carboxylic acids is 1. The number of methoxy groups -OCH3 is 2. The van der Waals surface area contributed by atoms with Crippen molar-refractivity contribution >= 4 is 5.97 Å². The highest BCUT2D eigenvalue weighted by Crippen LogP contribution is 2.47. The molecule has 12 atom stereocenters. The Morgan fingerprint density at radius 2 is 1.80 bits per heavy atom. The smallest absolute Gasteiger partial charge is 0.316 e. The zero-order chi connectivity index (χ0) is 31.8. The Kier molecular flexibility index (Phi) is 10.1. The summed E-state index contributed by atoms with van der Waals surface area (Å²) in [4.78, 5) is 14.1. The maximum atomic E-state index is 14.1. The van der Waals surface area contributed by atoms with Crippen molar-refractivity contribution in [3.05, 3.63) is 59.3 Å². The molecule has 1 spiro atoms. The van der Waals surface area contributed by atoms with E-state index in [2.05, 4.69) is 52.8 Å². The second kappa shape index (κ2) is 13.3. The lowest BCUT2D eigenvalue weighted by molar-refractivity contribution is -0.300. The molecular weight excluding hydrogens is 560 g/mol. The fourth-order valence-corrected chi connectivity index (χ4v) is 7.84. The lowest BCUT2D eigenvalue weighted by Gasteiger charge is -2.48. The minimum absolute atomic E-state index is 0.0135. The van der Waals surface area contributed by atoms with Crippen molar-refractivity contribution in [3.63, 3.8) is 0 Å². The average Bonchev–Trinajstić information content (AvgIpc) is 3.32. The topological polar surface area (TPSA) is 92.7 Å². The SMILES string of the molecule is CCC(C)[C@H]1O[C@]2(C=C[C@@H]1C)C[C@@H]1C[C@@H](C/C=C(\C)[C@@H](OC)[C@@H](C)/C=C/C=C3\CO[C@@H]4[C@H](OC)C(C)=C[C@@H](C(=O)O1)[C@]34O)O2. The first-order chi connectivity index (χ1) is 21.0. The van der Waals surface area contributed by atoms with Crippen molar-refractivity contribution in [3.8, 4) is 0 Å². The van der Waals surface area contributed by atoms with E-state index in [4.69, 9.17) is 28.4 Å². The molecule has 2 saturated heterocycles. The highest BCUT2D eigenvalue weighted by atomic mass is 16.7. The molecule has 244 valence electrons. The summed E-state index contributed by atoms with van der Waals surface area (Å²) in [6.07, 6.45) is 14.5. The summed E-state index contributed by atoms with van der Waals surface area (Å²) in [7, 11) is 3.33. The van der Waals surface area contributed by atoms with Crippen molar-refractivity contribution in [2.24, 2.45) is 23.7 Å². The lowest BCUT2D eigenvalue weighted by atomic mass is 9.70. The zero-order valence-corrected chi connectivity index (χ0v) is 27.7. The Morgan fingerprint density at radius 3 is 2.50 bits per heavy atom. The number of fused-ring (bicyclic) bond motifs is 2. The molecule has 0 amide bonds. The van der Waals surface area contributed by atoms with Crippen LogP contribution < -0.4 is 0 Å². The van der Waals surface area contributed by atoms with Gasteiger partial charge in [-0.25, -0.2) is 0 Å². The molecule has 1 aliphatic carbocycles. The third kappa shape index (κ3) is 6.18. The van der Waals surface area contributed by atoms with Crippen LogP contribution in [0.1, 0.15) is 67.2 Å². The summed E-state index contributed by atoms with van der Waals surface area (Å²) in [5.74, 6) is -1.79. The number of carbonyl (C=O) groups is 1. The summed E-state index contributed by atoms with van der Waals surface area (Å²) in [5.41, 5.74) is 0.945. The minimum Gasteiger partial charge on any atom is -0.462 e. The molecule has 4 aliphatic heterocycles. The van der Waals surface area contributed by atoms with Crippen molar-refractivity contribution in [2.75, 3.05) is 20.8 Å². The van der Waals surface area contributed by atoms with Crippen LogP contribution >= 0.6 is 0 Å². The van der Waals surface area contributed by atoms with Crippen LogP contribution in [0.3, 0.4) is 0 Å². The molecule has 8 heteroatoms. The molecule has 5 aliphatic rings. The van der Waals surface area contributed by atoms with E-state index in [1.807, 2.05) is 25.2 Å². The first kappa shape index (κ1) is 33.3. The van der Waals surface area contributed by atoms with Gasteiger partial charge in [0.1, 0.15) is 29.8 Å². The Labute approximate surface area is 263 Å². The van der Waals surface area contributed by atoms with E-state index in [9.17, 15) is 9.90 Å². The quantitative estimate of drug-likeness (QED) is 0.323. The fourth-order valence-electron chi connectivity index (χ4n) is 7.84. The van der Waals surface area contributed by atoms with E-state index in [-0.39, 0.29) is 36.8 Å². The van der Waals surface area contributed by atoms with E-state index in [0.717, 1.165) is 17.6 Å².